The molecular formula is C10H10N4S3. The molecule has 0 saturated heterocycles. The van der Waals surface area contributed by atoms with Crippen molar-refractivity contribution < 1.29 is 0 Å². The van der Waals surface area contributed by atoms with Crippen molar-refractivity contribution in [3.63, 3.8) is 0 Å². The first-order valence-electron chi connectivity index (χ1n) is 5.10. The van der Waals surface area contributed by atoms with E-state index >= 15 is 0 Å². The maximum Gasteiger partial charge on any atom is 0.194 e. The van der Waals surface area contributed by atoms with E-state index in [4.69, 9.17) is 5.73 Å². The lowest BCUT2D eigenvalue weighted by Crippen LogP contribution is -2.05. The molecule has 0 atom stereocenters. The molecule has 0 saturated carbocycles. The van der Waals surface area contributed by atoms with Crippen LogP contribution >= 0.6 is 34.4 Å². The van der Waals surface area contributed by atoms with Crippen LogP contribution in [0, 0.1) is 0 Å². The Kier molecular flexibility index (Phi) is 3.15. The lowest BCUT2D eigenvalue weighted by molar-refractivity contribution is 0.878. The second-order valence-corrected chi connectivity index (χ2v) is 6.36. The van der Waals surface area contributed by atoms with E-state index in [1.807, 2.05) is 23.2 Å². The molecule has 4 nitrogen and oxygen atoms in total. The molecule has 0 bridgehead atoms. The molecule has 7 heteroatoms. The van der Waals surface area contributed by atoms with E-state index in [2.05, 4.69) is 14.4 Å². The van der Waals surface area contributed by atoms with Crippen molar-refractivity contribution in [3.8, 4) is 0 Å². The average Bonchev–Trinajstić information content (AvgIpc) is 2.99. The normalized spacial score (nSPS) is 11.4. The molecule has 0 aliphatic carbocycles. The molecule has 3 aromatic rings. The molecule has 0 unspecified atom stereocenters. The van der Waals surface area contributed by atoms with E-state index in [1.165, 1.54) is 5.69 Å². The minimum Gasteiger partial charge on any atom is -0.330 e. The first-order chi connectivity index (χ1) is 8.38. The van der Waals surface area contributed by atoms with E-state index in [9.17, 15) is 0 Å². The molecule has 17 heavy (non-hydrogen) atoms. The number of rotatable bonds is 4. The predicted octanol–water partition coefficient (Wildman–Crippen LogP) is 2.50. The van der Waals surface area contributed by atoms with Crippen molar-refractivity contribution >= 4 is 39.4 Å². The fraction of sp³-hybridized carbons (Fsp3) is 0.200. The first kappa shape index (κ1) is 11.2. The number of imidazole rings is 1. The van der Waals surface area contributed by atoms with E-state index in [-0.39, 0.29) is 0 Å². The standard InChI is InChI=1S/C10H10N4S3/c11-2-1-7-8(17-10-12-3-5-16-10)13-9-14(7)4-6-15-9/h3-6H,1-2,11H2. The summed E-state index contributed by atoms with van der Waals surface area (Å²) in [5, 5.41) is 5.04. The highest BCUT2D eigenvalue weighted by Gasteiger charge is 2.14. The van der Waals surface area contributed by atoms with Gasteiger partial charge in [0.2, 0.25) is 0 Å². The number of thiazole rings is 2. The quantitative estimate of drug-likeness (QED) is 0.799. The summed E-state index contributed by atoms with van der Waals surface area (Å²) in [6.07, 6.45) is 4.70. The molecule has 3 aromatic heterocycles. The van der Waals surface area contributed by atoms with E-state index < -0.39 is 0 Å². The minimum absolute atomic E-state index is 0.634. The summed E-state index contributed by atoms with van der Waals surface area (Å²) >= 11 is 4.89. The molecule has 0 aromatic carbocycles. The molecule has 0 amide bonds. The topological polar surface area (TPSA) is 56.2 Å². The van der Waals surface area contributed by atoms with Gasteiger partial charge in [-0.2, -0.15) is 0 Å². The molecule has 0 fully saturated rings. The number of hydrogen-bond acceptors (Lipinski definition) is 6. The zero-order chi connectivity index (χ0) is 11.7. The van der Waals surface area contributed by atoms with Gasteiger partial charge in [0.25, 0.3) is 0 Å². The molecule has 3 heterocycles. The Morgan fingerprint density at radius 1 is 1.35 bits per heavy atom. The van der Waals surface area contributed by atoms with Crippen molar-refractivity contribution in [2.75, 3.05) is 6.54 Å². The highest BCUT2D eigenvalue weighted by molar-refractivity contribution is 8.01. The lowest BCUT2D eigenvalue weighted by atomic mass is 10.3. The van der Waals surface area contributed by atoms with Crippen LogP contribution in [0.3, 0.4) is 0 Å². The third kappa shape index (κ3) is 2.11. The van der Waals surface area contributed by atoms with Gasteiger partial charge in [-0.05, 0) is 18.3 Å². The summed E-state index contributed by atoms with van der Waals surface area (Å²) < 4.78 is 3.14. The zero-order valence-corrected chi connectivity index (χ0v) is 11.3. The summed E-state index contributed by atoms with van der Waals surface area (Å²) in [5.41, 5.74) is 6.85. The highest BCUT2D eigenvalue weighted by atomic mass is 32.2. The first-order valence-corrected chi connectivity index (χ1v) is 7.68. The molecule has 2 N–H and O–H groups in total. The largest absolute Gasteiger partial charge is 0.330 e. The summed E-state index contributed by atoms with van der Waals surface area (Å²) in [7, 11) is 0. The SMILES string of the molecule is NCCc1c(Sc2nccs2)nc2sccn12. The molecule has 0 spiro atoms. The Labute approximate surface area is 111 Å². The zero-order valence-electron chi connectivity index (χ0n) is 8.87. The summed E-state index contributed by atoms with van der Waals surface area (Å²) in [6.45, 7) is 0.634. The van der Waals surface area contributed by atoms with Crippen molar-refractivity contribution in [2.45, 2.75) is 15.8 Å². The molecule has 88 valence electrons. The summed E-state index contributed by atoms with van der Waals surface area (Å²) in [4.78, 5) is 9.91. The Balaban J connectivity index is 2.02. The number of nitrogens with two attached hydrogens (primary N) is 1. The average molecular weight is 282 g/mol. The highest BCUT2D eigenvalue weighted by Crippen LogP contribution is 2.32. The van der Waals surface area contributed by atoms with E-state index in [1.54, 1.807) is 34.4 Å². The minimum atomic E-state index is 0.634. The van der Waals surface area contributed by atoms with Gasteiger partial charge in [-0.25, -0.2) is 9.97 Å². The maximum absolute atomic E-state index is 5.66. The Morgan fingerprint density at radius 3 is 3.06 bits per heavy atom. The third-order valence-electron chi connectivity index (χ3n) is 2.30. The fourth-order valence-electron chi connectivity index (χ4n) is 1.60. The van der Waals surface area contributed by atoms with Crippen LogP contribution in [-0.2, 0) is 6.42 Å². The number of fused-ring (bicyclic) bond motifs is 1. The summed E-state index contributed by atoms with van der Waals surface area (Å²) in [6, 6.07) is 0. The van der Waals surface area contributed by atoms with Gasteiger partial charge in [0.05, 0.1) is 5.69 Å². The van der Waals surface area contributed by atoms with Gasteiger partial charge in [-0.3, -0.25) is 4.40 Å². The van der Waals surface area contributed by atoms with Crippen LogP contribution in [0.2, 0.25) is 0 Å². The molecular weight excluding hydrogens is 272 g/mol. The van der Waals surface area contributed by atoms with Gasteiger partial charge in [0, 0.05) is 29.6 Å². The second-order valence-electron chi connectivity index (χ2n) is 3.36. The predicted molar refractivity (Wildman–Crippen MR) is 72.1 cm³/mol. The number of nitrogens with zero attached hydrogens (tertiary/aromatic N) is 3. The molecule has 0 aliphatic heterocycles. The van der Waals surface area contributed by atoms with E-state index in [0.29, 0.717) is 6.54 Å². The van der Waals surface area contributed by atoms with Gasteiger partial charge in [0.15, 0.2) is 9.30 Å². The fourth-order valence-corrected chi connectivity index (χ4v) is 4.08. The van der Waals surface area contributed by atoms with Gasteiger partial charge in [0.1, 0.15) is 5.03 Å². The Bertz CT molecular complexity index is 611. The van der Waals surface area contributed by atoms with Crippen LogP contribution < -0.4 is 5.73 Å². The Morgan fingerprint density at radius 2 is 2.29 bits per heavy atom. The van der Waals surface area contributed by atoms with Crippen molar-refractivity contribution in [2.24, 2.45) is 5.73 Å². The lowest BCUT2D eigenvalue weighted by Gasteiger charge is -1.99. The van der Waals surface area contributed by atoms with Gasteiger partial charge in [-0.1, -0.05) is 0 Å². The Hall–Kier alpha value is -0.890. The van der Waals surface area contributed by atoms with Crippen LogP contribution in [0.25, 0.3) is 4.96 Å². The van der Waals surface area contributed by atoms with Crippen molar-refractivity contribution in [1.82, 2.24) is 14.4 Å². The van der Waals surface area contributed by atoms with Crippen molar-refractivity contribution in [3.05, 3.63) is 28.8 Å². The number of aromatic nitrogens is 3. The van der Waals surface area contributed by atoms with Gasteiger partial charge in [-0.15, -0.1) is 22.7 Å². The van der Waals surface area contributed by atoms with E-state index in [0.717, 1.165) is 20.7 Å². The molecule has 0 aliphatic rings. The smallest absolute Gasteiger partial charge is 0.194 e. The van der Waals surface area contributed by atoms with Crippen LogP contribution in [-0.4, -0.2) is 20.9 Å². The van der Waals surface area contributed by atoms with Crippen LogP contribution in [0.5, 0.6) is 0 Å². The third-order valence-corrected chi connectivity index (χ3v) is 4.96. The molecule has 3 rings (SSSR count). The van der Waals surface area contributed by atoms with Crippen LogP contribution in [0.1, 0.15) is 5.69 Å². The van der Waals surface area contributed by atoms with Gasteiger partial charge < -0.3 is 5.73 Å². The summed E-state index contributed by atoms with van der Waals surface area (Å²) in [5.74, 6) is 0. The second kappa shape index (κ2) is 4.77. The van der Waals surface area contributed by atoms with Crippen molar-refractivity contribution in [1.29, 1.82) is 0 Å². The number of hydrogen-bond donors (Lipinski definition) is 1. The van der Waals surface area contributed by atoms with Crippen LogP contribution in [0.15, 0.2) is 32.5 Å². The monoisotopic (exact) mass is 282 g/mol. The van der Waals surface area contributed by atoms with Gasteiger partial charge >= 0.3 is 0 Å². The molecule has 0 radical (unpaired) electrons. The van der Waals surface area contributed by atoms with Crippen LogP contribution in [0.4, 0.5) is 0 Å². The maximum atomic E-state index is 5.66.